The van der Waals surface area contributed by atoms with Crippen LogP contribution in [0.2, 0.25) is 10.0 Å². The zero-order valence-electron chi connectivity index (χ0n) is 8.54. The first-order valence-electron chi connectivity index (χ1n) is 4.48. The van der Waals surface area contributed by atoms with Gasteiger partial charge in [0, 0.05) is 21.2 Å². The van der Waals surface area contributed by atoms with Crippen LogP contribution in [0, 0.1) is 0 Å². The van der Waals surface area contributed by atoms with Crippen molar-refractivity contribution in [2.75, 3.05) is 5.75 Å². The molecule has 0 heterocycles. The second-order valence-electron chi connectivity index (χ2n) is 3.08. The first kappa shape index (κ1) is 13.4. The molecule has 16 heavy (non-hydrogen) atoms. The molecule has 86 valence electrons. The maximum Gasteiger partial charge on any atom is 0.330 e. The highest BCUT2D eigenvalue weighted by Gasteiger charge is 2.02. The lowest BCUT2D eigenvalue weighted by Gasteiger charge is -2.02. The summed E-state index contributed by atoms with van der Waals surface area (Å²) in [5.41, 5.74) is 0.325. The summed E-state index contributed by atoms with van der Waals surface area (Å²) in [5.74, 6) is -0.351. The summed E-state index contributed by atoms with van der Waals surface area (Å²) in [5, 5.41) is 9.89. The molecule has 1 aromatic rings. The van der Waals surface area contributed by atoms with E-state index in [0.717, 1.165) is 4.90 Å². The predicted molar refractivity (Wildman–Crippen MR) is 68.6 cm³/mol. The molecular formula is C11H10Cl2O2S. The molecule has 0 amide bonds. The molecule has 0 bridgehead atoms. The molecule has 1 aromatic carbocycles. The van der Waals surface area contributed by atoms with Gasteiger partial charge in [0.15, 0.2) is 0 Å². The minimum Gasteiger partial charge on any atom is -0.478 e. The van der Waals surface area contributed by atoms with Crippen LogP contribution in [0.15, 0.2) is 34.7 Å². The van der Waals surface area contributed by atoms with Crippen LogP contribution in [0.1, 0.15) is 6.92 Å². The van der Waals surface area contributed by atoms with Gasteiger partial charge >= 0.3 is 5.97 Å². The zero-order chi connectivity index (χ0) is 12.1. The molecule has 1 N–H and O–H groups in total. The number of benzene rings is 1. The van der Waals surface area contributed by atoms with Crippen molar-refractivity contribution in [1.29, 1.82) is 0 Å². The Morgan fingerprint density at radius 1 is 1.50 bits per heavy atom. The van der Waals surface area contributed by atoms with Crippen molar-refractivity contribution in [1.82, 2.24) is 0 Å². The maximum absolute atomic E-state index is 10.5. The van der Waals surface area contributed by atoms with E-state index in [4.69, 9.17) is 28.3 Å². The minimum atomic E-state index is -0.905. The standard InChI is InChI=1S/C11H10Cl2O2S/c1-7(11(14)15)4-5-16-10-6-8(12)2-3-9(10)13/h2-4,6H,5H2,1H3,(H,14,15). The van der Waals surface area contributed by atoms with Crippen molar-refractivity contribution in [3.8, 4) is 0 Å². The van der Waals surface area contributed by atoms with Crippen LogP contribution in [-0.2, 0) is 4.79 Å². The number of carboxylic acid groups (broad SMARTS) is 1. The molecule has 0 aliphatic rings. The van der Waals surface area contributed by atoms with Crippen molar-refractivity contribution in [3.63, 3.8) is 0 Å². The van der Waals surface area contributed by atoms with E-state index in [0.29, 0.717) is 21.4 Å². The molecule has 0 atom stereocenters. The summed E-state index contributed by atoms with van der Waals surface area (Å²) in [6.45, 7) is 1.56. The van der Waals surface area contributed by atoms with Crippen LogP contribution in [0.3, 0.4) is 0 Å². The van der Waals surface area contributed by atoms with Crippen LogP contribution in [0.4, 0.5) is 0 Å². The average molecular weight is 277 g/mol. The van der Waals surface area contributed by atoms with Crippen molar-refractivity contribution in [2.45, 2.75) is 11.8 Å². The molecule has 0 radical (unpaired) electrons. The smallest absolute Gasteiger partial charge is 0.330 e. The molecule has 2 nitrogen and oxygen atoms in total. The lowest BCUT2D eigenvalue weighted by atomic mass is 10.3. The quantitative estimate of drug-likeness (QED) is 0.664. The Labute approximate surface area is 108 Å². The van der Waals surface area contributed by atoms with E-state index in [2.05, 4.69) is 0 Å². The summed E-state index contributed by atoms with van der Waals surface area (Å²) in [7, 11) is 0. The highest BCUT2D eigenvalue weighted by Crippen LogP contribution is 2.29. The normalized spacial score (nSPS) is 11.6. The van der Waals surface area contributed by atoms with Gasteiger partial charge in [0.2, 0.25) is 0 Å². The van der Waals surface area contributed by atoms with Gasteiger partial charge in [0.1, 0.15) is 0 Å². The fourth-order valence-electron chi connectivity index (χ4n) is 0.932. The van der Waals surface area contributed by atoms with Gasteiger partial charge in [0.25, 0.3) is 0 Å². The summed E-state index contributed by atoms with van der Waals surface area (Å²) >= 11 is 13.2. The van der Waals surface area contributed by atoms with Crippen LogP contribution in [-0.4, -0.2) is 16.8 Å². The third-order valence-electron chi connectivity index (χ3n) is 1.86. The van der Waals surface area contributed by atoms with Crippen LogP contribution < -0.4 is 0 Å². The largest absolute Gasteiger partial charge is 0.478 e. The second-order valence-corrected chi connectivity index (χ2v) is 4.98. The van der Waals surface area contributed by atoms with Crippen molar-refractivity contribution in [2.24, 2.45) is 0 Å². The van der Waals surface area contributed by atoms with Gasteiger partial charge < -0.3 is 5.11 Å². The highest BCUT2D eigenvalue weighted by molar-refractivity contribution is 7.99. The van der Waals surface area contributed by atoms with E-state index in [1.165, 1.54) is 11.8 Å². The Morgan fingerprint density at radius 2 is 2.19 bits per heavy atom. The summed E-state index contributed by atoms with van der Waals surface area (Å²) in [6.07, 6.45) is 1.64. The molecule has 0 saturated heterocycles. The number of carboxylic acids is 1. The molecule has 0 aromatic heterocycles. The monoisotopic (exact) mass is 276 g/mol. The minimum absolute atomic E-state index is 0.325. The van der Waals surface area contributed by atoms with Gasteiger partial charge in [-0.25, -0.2) is 4.79 Å². The molecular weight excluding hydrogens is 267 g/mol. The van der Waals surface area contributed by atoms with Crippen LogP contribution in [0.5, 0.6) is 0 Å². The zero-order valence-corrected chi connectivity index (χ0v) is 10.9. The van der Waals surface area contributed by atoms with Gasteiger partial charge in [0.05, 0.1) is 5.02 Å². The summed E-state index contributed by atoms with van der Waals surface area (Å²) in [4.78, 5) is 11.4. The van der Waals surface area contributed by atoms with Crippen LogP contribution >= 0.6 is 35.0 Å². The highest BCUT2D eigenvalue weighted by atomic mass is 35.5. The molecule has 0 aliphatic carbocycles. The van der Waals surface area contributed by atoms with E-state index in [1.54, 1.807) is 31.2 Å². The number of aliphatic carboxylic acids is 1. The summed E-state index contributed by atoms with van der Waals surface area (Å²) in [6, 6.07) is 5.20. The van der Waals surface area contributed by atoms with E-state index in [-0.39, 0.29) is 0 Å². The number of carbonyl (C=O) groups is 1. The van der Waals surface area contributed by atoms with Crippen LogP contribution in [0.25, 0.3) is 0 Å². The van der Waals surface area contributed by atoms with Gasteiger partial charge in [-0.05, 0) is 25.1 Å². The lowest BCUT2D eigenvalue weighted by molar-refractivity contribution is -0.132. The number of thioether (sulfide) groups is 1. The Hall–Kier alpha value is -0.640. The Bertz CT molecular complexity index is 430. The number of hydrogen-bond donors (Lipinski definition) is 1. The maximum atomic E-state index is 10.5. The molecule has 5 heteroatoms. The molecule has 1 rings (SSSR count). The van der Waals surface area contributed by atoms with E-state index < -0.39 is 5.97 Å². The molecule has 0 spiro atoms. The molecule has 0 unspecified atom stereocenters. The van der Waals surface area contributed by atoms with E-state index in [1.807, 2.05) is 0 Å². The topological polar surface area (TPSA) is 37.3 Å². The van der Waals surface area contributed by atoms with E-state index in [9.17, 15) is 4.79 Å². The third-order valence-corrected chi connectivity index (χ3v) is 3.52. The number of halogens is 2. The molecule has 0 fully saturated rings. The van der Waals surface area contributed by atoms with Crippen molar-refractivity contribution >= 4 is 40.9 Å². The fraction of sp³-hybridized carbons (Fsp3) is 0.182. The van der Waals surface area contributed by atoms with Gasteiger partial charge in [-0.2, -0.15) is 0 Å². The number of rotatable bonds is 4. The molecule has 0 aliphatic heterocycles. The van der Waals surface area contributed by atoms with E-state index >= 15 is 0 Å². The van der Waals surface area contributed by atoms with Crippen molar-refractivity contribution < 1.29 is 9.90 Å². The fourth-order valence-corrected chi connectivity index (χ4v) is 2.38. The van der Waals surface area contributed by atoms with Gasteiger partial charge in [-0.1, -0.05) is 29.3 Å². The Balaban J connectivity index is 2.65. The summed E-state index contributed by atoms with van der Waals surface area (Å²) < 4.78 is 0. The third kappa shape index (κ3) is 4.08. The Kier molecular flexibility index (Phi) is 5.19. The average Bonchev–Trinajstić information content (AvgIpc) is 2.22. The lowest BCUT2D eigenvalue weighted by Crippen LogP contribution is -1.96. The predicted octanol–water partition coefficient (Wildman–Crippen LogP) is 4.12. The van der Waals surface area contributed by atoms with Crippen molar-refractivity contribution in [3.05, 3.63) is 39.9 Å². The first-order valence-corrected chi connectivity index (χ1v) is 6.22. The SMILES string of the molecule is CC(=CCSc1cc(Cl)ccc1Cl)C(=O)O. The van der Waals surface area contributed by atoms with Gasteiger partial charge in [-0.15, -0.1) is 11.8 Å². The Morgan fingerprint density at radius 3 is 2.81 bits per heavy atom. The number of hydrogen-bond acceptors (Lipinski definition) is 2. The second kappa shape index (κ2) is 6.18. The first-order chi connectivity index (χ1) is 7.50. The molecule has 0 saturated carbocycles. The van der Waals surface area contributed by atoms with Gasteiger partial charge in [-0.3, -0.25) is 0 Å².